The standard InChI is InChI=1S/C21H18N4OS/c26-20(9-13-7-14-3-1-2-4-15(14)8-13)23-16-5-6-17-18(10-16)25-21(24-17)19-11-27-12-22-19/h1-6,10-13H,7-9H2,(H,23,26)(H,24,25). The number of H-pyrrole nitrogens is 1. The topological polar surface area (TPSA) is 70.7 Å². The van der Waals surface area contributed by atoms with Crippen molar-refractivity contribution >= 4 is 34.0 Å². The van der Waals surface area contributed by atoms with E-state index in [9.17, 15) is 4.79 Å². The van der Waals surface area contributed by atoms with Crippen LogP contribution in [0.15, 0.2) is 53.4 Å². The van der Waals surface area contributed by atoms with E-state index in [0.717, 1.165) is 41.1 Å². The molecule has 0 unspecified atom stereocenters. The normalized spacial score (nSPS) is 13.8. The monoisotopic (exact) mass is 374 g/mol. The molecule has 6 heteroatoms. The lowest BCUT2D eigenvalue weighted by molar-refractivity contribution is -0.117. The molecule has 2 aromatic heterocycles. The van der Waals surface area contributed by atoms with Crippen LogP contribution in [0.4, 0.5) is 5.69 Å². The SMILES string of the molecule is O=C(CC1Cc2ccccc2C1)Nc1ccc2nc(-c3cscn3)[nH]c2c1. The molecule has 1 aliphatic carbocycles. The first-order valence-electron chi connectivity index (χ1n) is 8.99. The van der Waals surface area contributed by atoms with Crippen molar-refractivity contribution in [3.05, 3.63) is 64.5 Å². The first-order valence-corrected chi connectivity index (χ1v) is 9.94. The second-order valence-electron chi connectivity index (χ2n) is 6.99. The molecule has 2 N–H and O–H groups in total. The van der Waals surface area contributed by atoms with Gasteiger partial charge in [0.15, 0.2) is 5.82 Å². The Morgan fingerprint density at radius 2 is 2.00 bits per heavy atom. The summed E-state index contributed by atoms with van der Waals surface area (Å²) in [5, 5.41) is 4.99. The molecular formula is C21H18N4OS. The van der Waals surface area contributed by atoms with E-state index < -0.39 is 0 Å². The highest BCUT2D eigenvalue weighted by atomic mass is 32.1. The number of nitrogens with zero attached hydrogens (tertiary/aromatic N) is 2. The Morgan fingerprint density at radius 3 is 2.74 bits per heavy atom. The van der Waals surface area contributed by atoms with E-state index in [1.54, 1.807) is 5.51 Å². The Kier molecular flexibility index (Phi) is 3.98. The molecule has 0 saturated heterocycles. The van der Waals surface area contributed by atoms with E-state index in [4.69, 9.17) is 0 Å². The van der Waals surface area contributed by atoms with Crippen LogP contribution in [0, 0.1) is 5.92 Å². The minimum Gasteiger partial charge on any atom is -0.337 e. The van der Waals surface area contributed by atoms with Crippen molar-refractivity contribution in [1.82, 2.24) is 15.0 Å². The number of fused-ring (bicyclic) bond motifs is 2. The lowest BCUT2D eigenvalue weighted by Gasteiger charge is -2.09. The number of imidazole rings is 1. The highest BCUT2D eigenvalue weighted by Crippen LogP contribution is 2.29. The molecule has 0 spiro atoms. The summed E-state index contributed by atoms with van der Waals surface area (Å²) in [6.07, 6.45) is 2.51. The maximum absolute atomic E-state index is 12.5. The fourth-order valence-electron chi connectivity index (χ4n) is 3.81. The molecule has 0 bridgehead atoms. The maximum atomic E-state index is 12.5. The number of carbonyl (C=O) groups excluding carboxylic acids is 1. The molecule has 4 aromatic rings. The smallest absolute Gasteiger partial charge is 0.224 e. The number of hydrogen-bond donors (Lipinski definition) is 2. The zero-order valence-corrected chi connectivity index (χ0v) is 15.4. The molecule has 0 saturated carbocycles. The van der Waals surface area contributed by atoms with Gasteiger partial charge in [0.2, 0.25) is 5.91 Å². The highest BCUT2D eigenvalue weighted by molar-refractivity contribution is 7.07. The summed E-state index contributed by atoms with van der Waals surface area (Å²) >= 11 is 1.54. The lowest BCUT2D eigenvalue weighted by atomic mass is 10.0. The maximum Gasteiger partial charge on any atom is 0.224 e. The molecule has 1 aliphatic rings. The van der Waals surface area contributed by atoms with Gasteiger partial charge in [0, 0.05) is 17.5 Å². The summed E-state index contributed by atoms with van der Waals surface area (Å²) in [5.74, 6) is 1.19. The van der Waals surface area contributed by atoms with E-state index in [2.05, 4.69) is 44.5 Å². The van der Waals surface area contributed by atoms with Crippen molar-refractivity contribution in [1.29, 1.82) is 0 Å². The predicted octanol–water partition coefficient (Wildman–Crippen LogP) is 4.43. The molecule has 0 radical (unpaired) electrons. The van der Waals surface area contributed by atoms with Crippen molar-refractivity contribution in [2.24, 2.45) is 5.92 Å². The summed E-state index contributed by atoms with van der Waals surface area (Å²) in [6.45, 7) is 0. The lowest BCUT2D eigenvalue weighted by Crippen LogP contribution is -2.16. The average Bonchev–Trinajstić information content (AvgIpc) is 3.39. The van der Waals surface area contributed by atoms with Gasteiger partial charge in [-0.05, 0) is 48.1 Å². The second-order valence-corrected chi connectivity index (χ2v) is 7.70. The molecule has 1 amide bonds. The Labute approximate surface area is 160 Å². The second kappa shape index (κ2) is 6.63. The van der Waals surface area contributed by atoms with Crippen LogP contribution in [0.25, 0.3) is 22.6 Å². The van der Waals surface area contributed by atoms with Gasteiger partial charge in [-0.3, -0.25) is 4.79 Å². The van der Waals surface area contributed by atoms with Crippen molar-refractivity contribution in [2.75, 3.05) is 5.32 Å². The van der Waals surface area contributed by atoms with Crippen molar-refractivity contribution in [2.45, 2.75) is 19.3 Å². The summed E-state index contributed by atoms with van der Waals surface area (Å²) in [7, 11) is 0. The quantitative estimate of drug-likeness (QED) is 0.555. The Hall–Kier alpha value is -2.99. The van der Waals surface area contributed by atoms with Gasteiger partial charge >= 0.3 is 0 Å². The number of nitrogens with one attached hydrogen (secondary N) is 2. The van der Waals surface area contributed by atoms with E-state index in [1.807, 2.05) is 23.6 Å². The summed E-state index contributed by atoms with van der Waals surface area (Å²) in [4.78, 5) is 24.6. The first-order chi connectivity index (χ1) is 13.2. The van der Waals surface area contributed by atoms with Crippen LogP contribution in [-0.2, 0) is 17.6 Å². The van der Waals surface area contributed by atoms with Crippen LogP contribution < -0.4 is 5.32 Å². The van der Waals surface area contributed by atoms with Crippen LogP contribution in [0.1, 0.15) is 17.5 Å². The first kappa shape index (κ1) is 16.2. The Bertz CT molecular complexity index is 1090. The summed E-state index contributed by atoms with van der Waals surface area (Å²) in [5.41, 5.74) is 7.92. The number of benzene rings is 2. The van der Waals surface area contributed by atoms with Crippen molar-refractivity contribution in [3.63, 3.8) is 0 Å². The third-order valence-electron chi connectivity index (χ3n) is 5.05. The number of thiazole rings is 1. The van der Waals surface area contributed by atoms with Gasteiger partial charge in [0.25, 0.3) is 0 Å². The van der Waals surface area contributed by atoms with E-state index in [-0.39, 0.29) is 5.91 Å². The van der Waals surface area contributed by atoms with Crippen LogP contribution in [0.5, 0.6) is 0 Å². The fourth-order valence-corrected chi connectivity index (χ4v) is 4.34. The molecule has 2 heterocycles. The van der Waals surface area contributed by atoms with Gasteiger partial charge < -0.3 is 10.3 Å². The molecule has 0 aliphatic heterocycles. The van der Waals surface area contributed by atoms with Gasteiger partial charge in [-0.1, -0.05) is 24.3 Å². The number of carbonyl (C=O) groups is 1. The van der Waals surface area contributed by atoms with Gasteiger partial charge in [-0.15, -0.1) is 11.3 Å². The summed E-state index contributed by atoms with van der Waals surface area (Å²) in [6, 6.07) is 14.2. The van der Waals surface area contributed by atoms with Gasteiger partial charge in [0.05, 0.1) is 16.5 Å². The predicted molar refractivity (Wildman–Crippen MR) is 108 cm³/mol. The zero-order valence-electron chi connectivity index (χ0n) is 14.6. The minimum atomic E-state index is 0.0615. The third kappa shape index (κ3) is 3.24. The van der Waals surface area contributed by atoms with Crippen molar-refractivity contribution < 1.29 is 4.79 Å². The molecular weight excluding hydrogens is 356 g/mol. The molecule has 27 heavy (non-hydrogen) atoms. The molecule has 0 fully saturated rings. The zero-order chi connectivity index (χ0) is 18.2. The number of aromatic amines is 1. The van der Waals surface area contributed by atoms with Gasteiger partial charge in [0.1, 0.15) is 5.69 Å². The number of amides is 1. The molecule has 0 atom stereocenters. The minimum absolute atomic E-state index is 0.0615. The highest BCUT2D eigenvalue weighted by Gasteiger charge is 2.23. The molecule has 134 valence electrons. The van der Waals surface area contributed by atoms with Gasteiger partial charge in [-0.2, -0.15) is 0 Å². The fraction of sp³-hybridized carbons (Fsp3) is 0.190. The number of hydrogen-bond acceptors (Lipinski definition) is 4. The Morgan fingerprint density at radius 1 is 1.19 bits per heavy atom. The average molecular weight is 374 g/mol. The van der Waals surface area contributed by atoms with Crippen molar-refractivity contribution in [3.8, 4) is 11.5 Å². The number of rotatable bonds is 4. The van der Waals surface area contributed by atoms with E-state index >= 15 is 0 Å². The molecule has 5 rings (SSSR count). The van der Waals surface area contributed by atoms with Gasteiger partial charge in [-0.25, -0.2) is 9.97 Å². The van der Waals surface area contributed by atoms with Crippen LogP contribution in [0.2, 0.25) is 0 Å². The van der Waals surface area contributed by atoms with Crippen LogP contribution >= 0.6 is 11.3 Å². The van der Waals surface area contributed by atoms with E-state index in [1.165, 1.54) is 22.5 Å². The number of aromatic nitrogens is 3. The number of anilines is 1. The molecule has 5 nitrogen and oxygen atoms in total. The Balaban J connectivity index is 1.28. The third-order valence-corrected chi connectivity index (χ3v) is 5.64. The molecule has 2 aromatic carbocycles. The van der Waals surface area contributed by atoms with E-state index in [0.29, 0.717) is 12.3 Å². The van der Waals surface area contributed by atoms with Crippen LogP contribution in [0.3, 0.4) is 0 Å². The summed E-state index contributed by atoms with van der Waals surface area (Å²) < 4.78 is 0. The largest absolute Gasteiger partial charge is 0.337 e. The van der Waals surface area contributed by atoms with Crippen LogP contribution in [-0.4, -0.2) is 20.9 Å².